The van der Waals surface area contributed by atoms with Crippen LogP contribution in [0.15, 0.2) is 5.38 Å². The van der Waals surface area contributed by atoms with Crippen molar-refractivity contribution in [1.29, 1.82) is 0 Å². The molecule has 2 aliphatic rings. The molecule has 0 bridgehead atoms. The van der Waals surface area contributed by atoms with Gasteiger partial charge in [-0.3, -0.25) is 14.5 Å². The first kappa shape index (κ1) is 15.3. The summed E-state index contributed by atoms with van der Waals surface area (Å²) < 4.78 is 0. The molecule has 1 aliphatic carbocycles. The Morgan fingerprint density at radius 1 is 1.36 bits per heavy atom. The molecule has 0 atom stereocenters. The van der Waals surface area contributed by atoms with Crippen LogP contribution >= 0.6 is 23.1 Å². The third-order valence-electron chi connectivity index (χ3n) is 3.39. The van der Waals surface area contributed by atoms with Crippen LogP contribution in [0.4, 0.5) is 9.59 Å². The molecule has 1 aromatic heterocycles. The van der Waals surface area contributed by atoms with Gasteiger partial charge in [0, 0.05) is 24.4 Å². The van der Waals surface area contributed by atoms with Crippen molar-refractivity contribution in [2.24, 2.45) is 0 Å². The first-order chi connectivity index (χ1) is 10.6. The standard InChI is InChI=1S/C13H16N4O3S2/c18-10-7-22-13(20)17(10)4-3-14-12(19)15-5-9-6-21-11(16-9)8-1-2-8/h6,8H,1-5,7H2,(H2,14,15,19). The van der Waals surface area contributed by atoms with Crippen LogP contribution in [0.2, 0.25) is 0 Å². The van der Waals surface area contributed by atoms with Gasteiger partial charge < -0.3 is 10.6 Å². The number of hydrogen-bond donors (Lipinski definition) is 2. The van der Waals surface area contributed by atoms with E-state index in [2.05, 4.69) is 15.6 Å². The summed E-state index contributed by atoms with van der Waals surface area (Å²) >= 11 is 2.63. The lowest BCUT2D eigenvalue weighted by atomic mass is 10.4. The molecular formula is C13H16N4O3S2. The Kier molecular flexibility index (Phi) is 4.63. The summed E-state index contributed by atoms with van der Waals surface area (Å²) in [6, 6.07) is -0.326. The van der Waals surface area contributed by atoms with Gasteiger partial charge in [-0.2, -0.15) is 0 Å². The Hall–Kier alpha value is -1.61. The van der Waals surface area contributed by atoms with E-state index in [1.54, 1.807) is 11.3 Å². The predicted molar refractivity (Wildman–Crippen MR) is 83.9 cm³/mol. The quantitative estimate of drug-likeness (QED) is 0.819. The Balaban J connectivity index is 1.35. The lowest BCUT2D eigenvalue weighted by molar-refractivity contribution is -0.124. The second-order valence-corrected chi connectivity index (χ2v) is 6.98. The third kappa shape index (κ3) is 3.77. The van der Waals surface area contributed by atoms with Crippen LogP contribution in [-0.4, -0.2) is 45.9 Å². The number of hydrogen-bond acceptors (Lipinski definition) is 6. The average Bonchev–Trinajstić information content (AvgIpc) is 3.17. The van der Waals surface area contributed by atoms with E-state index in [1.807, 2.05) is 5.38 Å². The number of aromatic nitrogens is 1. The molecule has 9 heteroatoms. The van der Waals surface area contributed by atoms with Crippen LogP contribution in [0.3, 0.4) is 0 Å². The van der Waals surface area contributed by atoms with Crippen molar-refractivity contribution in [3.05, 3.63) is 16.1 Å². The molecule has 1 aromatic rings. The van der Waals surface area contributed by atoms with E-state index in [0.29, 0.717) is 12.5 Å². The fourth-order valence-electron chi connectivity index (χ4n) is 2.03. The number of thiazole rings is 1. The smallest absolute Gasteiger partial charge is 0.315 e. The van der Waals surface area contributed by atoms with Crippen molar-refractivity contribution in [3.8, 4) is 0 Å². The highest BCUT2D eigenvalue weighted by molar-refractivity contribution is 8.14. The number of urea groups is 1. The Morgan fingerprint density at radius 3 is 2.86 bits per heavy atom. The van der Waals surface area contributed by atoms with Crippen LogP contribution < -0.4 is 10.6 Å². The lowest BCUT2D eigenvalue weighted by Gasteiger charge is -2.13. The second-order valence-electron chi connectivity index (χ2n) is 5.16. The predicted octanol–water partition coefficient (Wildman–Crippen LogP) is 1.52. The number of nitrogens with zero attached hydrogens (tertiary/aromatic N) is 2. The normalized spacial score (nSPS) is 17.9. The maximum Gasteiger partial charge on any atom is 0.315 e. The van der Waals surface area contributed by atoms with E-state index >= 15 is 0 Å². The van der Waals surface area contributed by atoms with Gasteiger partial charge in [0.25, 0.3) is 5.24 Å². The van der Waals surface area contributed by atoms with E-state index in [-0.39, 0.29) is 36.0 Å². The van der Waals surface area contributed by atoms with Gasteiger partial charge in [-0.05, 0) is 12.8 Å². The minimum absolute atomic E-state index is 0.193. The number of amides is 4. The minimum Gasteiger partial charge on any atom is -0.336 e. The van der Waals surface area contributed by atoms with E-state index in [1.165, 1.54) is 12.8 Å². The van der Waals surface area contributed by atoms with Crippen molar-refractivity contribution < 1.29 is 14.4 Å². The molecule has 4 amide bonds. The number of imide groups is 1. The van der Waals surface area contributed by atoms with Gasteiger partial charge in [-0.1, -0.05) is 11.8 Å². The van der Waals surface area contributed by atoms with Gasteiger partial charge in [0.1, 0.15) is 0 Å². The number of carbonyl (C=O) groups is 3. The van der Waals surface area contributed by atoms with Crippen LogP contribution in [0.5, 0.6) is 0 Å². The maximum atomic E-state index is 11.7. The van der Waals surface area contributed by atoms with Crippen LogP contribution in [-0.2, 0) is 11.3 Å². The van der Waals surface area contributed by atoms with Gasteiger partial charge in [-0.15, -0.1) is 11.3 Å². The topological polar surface area (TPSA) is 91.4 Å². The number of carbonyl (C=O) groups excluding carboxylic acids is 3. The highest BCUT2D eigenvalue weighted by Gasteiger charge is 2.29. The molecule has 0 aromatic carbocycles. The average molecular weight is 340 g/mol. The van der Waals surface area contributed by atoms with Gasteiger partial charge in [0.05, 0.1) is 23.0 Å². The summed E-state index contributed by atoms with van der Waals surface area (Å²) in [5.74, 6) is 0.617. The molecule has 118 valence electrons. The number of thioether (sulfide) groups is 1. The minimum atomic E-state index is -0.326. The summed E-state index contributed by atoms with van der Waals surface area (Å²) in [6.45, 7) is 0.835. The summed E-state index contributed by atoms with van der Waals surface area (Å²) in [5.41, 5.74) is 0.864. The van der Waals surface area contributed by atoms with Crippen LogP contribution in [0, 0.1) is 0 Å². The molecule has 7 nitrogen and oxygen atoms in total. The van der Waals surface area contributed by atoms with Crippen molar-refractivity contribution in [3.63, 3.8) is 0 Å². The molecule has 1 saturated carbocycles. The highest BCUT2D eigenvalue weighted by Crippen LogP contribution is 2.41. The molecule has 1 saturated heterocycles. The molecule has 1 aliphatic heterocycles. The summed E-state index contributed by atoms with van der Waals surface area (Å²) in [4.78, 5) is 40.1. The molecule has 22 heavy (non-hydrogen) atoms. The molecule has 2 heterocycles. The summed E-state index contributed by atoms with van der Waals surface area (Å²) in [5, 5.41) is 8.22. The summed E-state index contributed by atoms with van der Waals surface area (Å²) in [6.07, 6.45) is 2.43. The zero-order chi connectivity index (χ0) is 15.5. The van der Waals surface area contributed by atoms with Gasteiger partial charge in [-0.25, -0.2) is 9.78 Å². The van der Waals surface area contributed by atoms with E-state index in [9.17, 15) is 14.4 Å². The fraction of sp³-hybridized carbons (Fsp3) is 0.538. The lowest BCUT2D eigenvalue weighted by Crippen LogP contribution is -2.41. The zero-order valence-corrected chi connectivity index (χ0v) is 13.5. The number of nitrogens with one attached hydrogen (secondary N) is 2. The van der Waals surface area contributed by atoms with E-state index < -0.39 is 0 Å². The summed E-state index contributed by atoms with van der Waals surface area (Å²) in [7, 11) is 0. The van der Waals surface area contributed by atoms with Crippen molar-refractivity contribution >= 4 is 40.3 Å². The molecule has 0 radical (unpaired) electrons. The van der Waals surface area contributed by atoms with Gasteiger partial charge >= 0.3 is 6.03 Å². The Morgan fingerprint density at radius 2 is 2.18 bits per heavy atom. The SMILES string of the molecule is O=C(NCCN1C(=O)CSC1=O)NCc1csc(C2CC2)n1. The monoisotopic (exact) mass is 340 g/mol. The highest BCUT2D eigenvalue weighted by atomic mass is 32.2. The van der Waals surface area contributed by atoms with E-state index in [4.69, 9.17) is 0 Å². The molecule has 2 fully saturated rings. The second kappa shape index (κ2) is 6.66. The molecule has 0 unspecified atom stereocenters. The maximum absolute atomic E-state index is 11.7. The van der Waals surface area contributed by atoms with E-state index in [0.717, 1.165) is 27.4 Å². The molecule has 3 rings (SSSR count). The van der Waals surface area contributed by atoms with Gasteiger partial charge in [0.15, 0.2) is 0 Å². The number of rotatable bonds is 6. The Bertz CT molecular complexity index is 584. The zero-order valence-electron chi connectivity index (χ0n) is 11.8. The molecule has 2 N–H and O–H groups in total. The largest absolute Gasteiger partial charge is 0.336 e. The Labute approximate surface area is 135 Å². The van der Waals surface area contributed by atoms with Crippen molar-refractivity contribution in [2.75, 3.05) is 18.8 Å². The third-order valence-corrected chi connectivity index (χ3v) is 5.30. The van der Waals surface area contributed by atoms with Gasteiger partial charge in [0.2, 0.25) is 5.91 Å². The molecular weight excluding hydrogens is 324 g/mol. The first-order valence-corrected chi connectivity index (χ1v) is 8.93. The first-order valence-electron chi connectivity index (χ1n) is 7.06. The van der Waals surface area contributed by atoms with Crippen molar-refractivity contribution in [1.82, 2.24) is 20.5 Å². The van der Waals surface area contributed by atoms with Crippen LogP contribution in [0.1, 0.15) is 29.5 Å². The fourth-order valence-corrected chi connectivity index (χ4v) is 3.78. The van der Waals surface area contributed by atoms with Crippen LogP contribution in [0.25, 0.3) is 0 Å². The molecule has 0 spiro atoms. The van der Waals surface area contributed by atoms with Crippen molar-refractivity contribution in [2.45, 2.75) is 25.3 Å².